The summed E-state index contributed by atoms with van der Waals surface area (Å²) in [4.78, 5) is 15.3. The first kappa shape index (κ1) is 18.8. The highest BCUT2D eigenvalue weighted by Crippen LogP contribution is 2.35. The Kier molecular flexibility index (Phi) is 5.03. The van der Waals surface area contributed by atoms with Gasteiger partial charge >= 0.3 is 6.11 Å². The van der Waals surface area contributed by atoms with Gasteiger partial charge in [-0.1, -0.05) is 24.3 Å². The number of amides is 1. The summed E-state index contributed by atoms with van der Waals surface area (Å²) < 4.78 is 36.9. The van der Waals surface area contributed by atoms with Crippen LogP contribution >= 0.6 is 11.3 Å². The zero-order valence-corrected chi connectivity index (χ0v) is 16.1. The van der Waals surface area contributed by atoms with Crippen LogP contribution < -0.4 is 4.74 Å². The number of alkyl halides is 2. The van der Waals surface area contributed by atoms with Crippen molar-refractivity contribution in [3.05, 3.63) is 53.4 Å². The van der Waals surface area contributed by atoms with Gasteiger partial charge in [0.05, 0.1) is 18.1 Å². The lowest BCUT2D eigenvalue weighted by molar-refractivity contribution is -0.158. The predicted molar refractivity (Wildman–Crippen MR) is 105 cm³/mol. The molecular weight excluding hydrogens is 384 g/mol. The molecule has 0 aliphatic carbocycles. The van der Waals surface area contributed by atoms with Crippen molar-refractivity contribution in [2.75, 3.05) is 26.3 Å². The summed E-state index contributed by atoms with van der Waals surface area (Å²) in [6, 6.07) is 14.3. The van der Waals surface area contributed by atoms with Crippen LogP contribution in [0.15, 0.2) is 48.5 Å². The lowest BCUT2D eigenvalue weighted by atomic mass is 10.0. The average Bonchev–Trinajstić information content (AvgIpc) is 3.12. The quantitative estimate of drug-likeness (QED) is 0.613. The monoisotopic (exact) mass is 403 g/mol. The van der Waals surface area contributed by atoms with Crippen LogP contribution in [0.4, 0.5) is 8.78 Å². The molecule has 0 bridgehead atoms. The van der Waals surface area contributed by atoms with Crippen molar-refractivity contribution in [1.29, 1.82) is 0 Å². The van der Waals surface area contributed by atoms with Crippen molar-refractivity contribution in [3.8, 4) is 16.9 Å². The molecule has 2 heterocycles. The highest BCUT2D eigenvalue weighted by atomic mass is 32.1. The number of carbonyl (C=O) groups is 1. The normalized spacial score (nSPS) is 15.0. The van der Waals surface area contributed by atoms with Crippen LogP contribution in [0, 0.1) is 0 Å². The van der Waals surface area contributed by atoms with Crippen LogP contribution in [0.3, 0.4) is 0 Å². The number of ether oxygens (including phenoxy) is 2. The van der Waals surface area contributed by atoms with Gasteiger partial charge in [-0.2, -0.15) is 8.78 Å². The summed E-state index contributed by atoms with van der Waals surface area (Å²) >= 11 is 1.46. The minimum atomic E-state index is -3.22. The lowest BCUT2D eigenvalue weighted by Crippen LogP contribution is -2.40. The van der Waals surface area contributed by atoms with Crippen LogP contribution in [0.2, 0.25) is 0 Å². The maximum atomic E-state index is 13.0. The van der Waals surface area contributed by atoms with Gasteiger partial charge in [0.15, 0.2) is 0 Å². The molecule has 7 heteroatoms. The first-order valence-electron chi connectivity index (χ1n) is 8.97. The third kappa shape index (κ3) is 4.00. The molecule has 1 aliphatic heterocycles. The van der Waals surface area contributed by atoms with Gasteiger partial charge in [0, 0.05) is 30.1 Å². The summed E-state index contributed by atoms with van der Waals surface area (Å²) in [5.41, 5.74) is 1.82. The van der Waals surface area contributed by atoms with Gasteiger partial charge < -0.3 is 14.4 Å². The van der Waals surface area contributed by atoms with Crippen LogP contribution in [0.25, 0.3) is 21.2 Å². The van der Waals surface area contributed by atoms with Crippen LogP contribution in [0.5, 0.6) is 5.75 Å². The molecule has 1 saturated heterocycles. The lowest BCUT2D eigenvalue weighted by Gasteiger charge is -2.26. The molecule has 0 spiro atoms. The molecule has 1 aromatic heterocycles. The largest absolute Gasteiger partial charge is 0.433 e. The average molecular weight is 403 g/mol. The molecule has 28 heavy (non-hydrogen) atoms. The number of benzene rings is 2. The number of morpholine rings is 1. The van der Waals surface area contributed by atoms with Crippen molar-refractivity contribution in [2.24, 2.45) is 0 Å². The van der Waals surface area contributed by atoms with Gasteiger partial charge in [-0.3, -0.25) is 4.79 Å². The van der Waals surface area contributed by atoms with Crippen molar-refractivity contribution >= 4 is 27.3 Å². The van der Waals surface area contributed by atoms with Gasteiger partial charge in [0.25, 0.3) is 5.91 Å². The summed E-state index contributed by atoms with van der Waals surface area (Å²) in [7, 11) is 0. The first-order chi connectivity index (χ1) is 13.4. The van der Waals surface area contributed by atoms with Crippen molar-refractivity contribution in [3.63, 3.8) is 0 Å². The summed E-state index contributed by atoms with van der Waals surface area (Å²) in [6.07, 6.45) is -3.22. The zero-order chi connectivity index (χ0) is 19.7. The van der Waals surface area contributed by atoms with E-state index in [1.165, 1.54) is 23.5 Å². The van der Waals surface area contributed by atoms with Gasteiger partial charge in [-0.05, 0) is 35.4 Å². The van der Waals surface area contributed by atoms with Crippen LogP contribution in [-0.4, -0.2) is 43.2 Å². The number of thiophene rings is 1. The highest BCUT2D eigenvalue weighted by molar-refractivity contribution is 7.20. The van der Waals surface area contributed by atoms with Crippen molar-refractivity contribution < 1.29 is 23.0 Å². The number of hydrogen-bond donors (Lipinski definition) is 0. The topological polar surface area (TPSA) is 38.8 Å². The number of nitrogens with zero attached hydrogens (tertiary/aromatic N) is 1. The third-order valence-corrected chi connectivity index (χ3v) is 5.62. The molecule has 1 aliphatic rings. The fourth-order valence-corrected chi connectivity index (χ4v) is 4.31. The molecule has 3 aromatic rings. The van der Waals surface area contributed by atoms with E-state index in [9.17, 15) is 13.6 Å². The second kappa shape index (κ2) is 7.48. The Labute approximate surface area is 165 Å². The number of rotatable bonds is 4. The number of carbonyl (C=O) groups excluding carboxylic acids is 1. The molecule has 0 N–H and O–H groups in total. The first-order valence-corrected chi connectivity index (χ1v) is 9.79. The Morgan fingerprint density at radius 2 is 1.86 bits per heavy atom. The number of halogens is 2. The van der Waals surface area contributed by atoms with Crippen LogP contribution in [-0.2, 0) is 4.74 Å². The van der Waals surface area contributed by atoms with E-state index in [4.69, 9.17) is 4.74 Å². The van der Waals surface area contributed by atoms with E-state index < -0.39 is 6.11 Å². The molecule has 146 valence electrons. The molecule has 1 fully saturated rings. The predicted octanol–water partition coefficient (Wildman–Crippen LogP) is 5.03. The third-order valence-electron chi connectivity index (χ3n) is 4.53. The Hall–Kier alpha value is -2.51. The van der Waals surface area contributed by atoms with E-state index in [0.717, 1.165) is 21.2 Å². The molecule has 2 aromatic carbocycles. The molecule has 0 unspecified atom stereocenters. The van der Waals surface area contributed by atoms with Gasteiger partial charge in [-0.15, -0.1) is 11.3 Å². The maximum absolute atomic E-state index is 13.0. The number of fused-ring (bicyclic) bond motifs is 1. The highest BCUT2D eigenvalue weighted by Gasteiger charge is 2.23. The fraction of sp³-hybridized carbons (Fsp3) is 0.286. The zero-order valence-electron chi connectivity index (χ0n) is 15.3. The molecule has 4 nitrogen and oxygen atoms in total. The Balaban J connectivity index is 1.64. The number of hydrogen-bond acceptors (Lipinski definition) is 4. The van der Waals surface area contributed by atoms with E-state index in [0.29, 0.717) is 38.1 Å². The Bertz CT molecular complexity index is 989. The maximum Gasteiger partial charge on any atom is 0.394 e. The SMILES string of the molecule is CC(F)(F)Oc1ccc(-c2cccc3sc(C(=O)N4CCOCC4)cc23)cc1. The summed E-state index contributed by atoms with van der Waals surface area (Å²) in [5, 5.41) is 0.971. The fourth-order valence-electron chi connectivity index (χ4n) is 3.25. The molecule has 1 amide bonds. The van der Waals surface area contributed by atoms with E-state index in [1.807, 2.05) is 29.2 Å². The molecule has 0 radical (unpaired) electrons. The second-order valence-electron chi connectivity index (χ2n) is 6.67. The summed E-state index contributed by atoms with van der Waals surface area (Å²) in [6.45, 7) is 3.03. The van der Waals surface area contributed by atoms with E-state index in [-0.39, 0.29) is 11.7 Å². The molecule has 0 atom stereocenters. The summed E-state index contributed by atoms with van der Waals surface area (Å²) in [5.74, 6) is 0.126. The minimum absolute atomic E-state index is 0.0179. The Morgan fingerprint density at radius 3 is 2.54 bits per heavy atom. The van der Waals surface area contributed by atoms with Gasteiger partial charge in [0.2, 0.25) is 0 Å². The standard InChI is InChI=1S/C21H19F2NO3S/c1-21(22,23)27-15-7-5-14(6-8-15)16-3-2-4-18-17(16)13-19(28-18)20(25)24-9-11-26-12-10-24/h2-8,13H,9-12H2,1H3. The van der Waals surface area contributed by atoms with E-state index in [1.54, 1.807) is 12.1 Å². The smallest absolute Gasteiger partial charge is 0.394 e. The molecule has 4 rings (SSSR count). The van der Waals surface area contributed by atoms with E-state index in [2.05, 4.69) is 4.74 Å². The van der Waals surface area contributed by atoms with Crippen molar-refractivity contribution in [1.82, 2.24) is 4.90 Å². The minimum Gasteiger partial charge on any atom is -0.433 e. The van der Waals surface area contributed by atoms with Crippen molar-refractivity contribution in [2.45, 2.75) is 13.0 Å². The van der Waals surface area contributed by atoms with Gasteiger partial charge in [0.1, 0.15) is 5.75 Å². The molecule has 0 saturated carbocycles. The Morgan fingerprint density at radius 1 is 1.14 bits per heavy atom. The second-order valence-corrected chi connectivity index (χ2v) is 7.75. The van der Waals surface area contributed by atoms with E-state index >= 15 is 0 Å². The van der Waals surface area contributed by atoms with Gasteiger partial charge in [-0.25, -0.2) is 0 Å². The van der Waals surface area contributed by atoms with Crippen LogP contribution in [0.1, 0.15) is 16.6 Å². The molecular formula is C21H19F2NO3S.